The maximum atomic E-state index is 13.4. The third-order valence-electron chi connectivity index (χ3n) is 5.39. The molecule has 0 fully saturated rings. The number of aryl methyl sites for hydroxylation is 1. The van der Waals surface area contributed by atoms with E-state index >= 15 is 0 Å². The molecule has 0 bridgehead atoms. The molecule has 0 aliphatic rings. The summed E-state index contributed by atoms with van der Waals surface area (Å²) in [6.07, 6.45) is 2.12. The molecule has 2 heterocycles. The van der Waals surface area contributed by atoms with Crippen molar-refractivity contribution in [3.63, 3.8) is 0 Å². The monoisotopic (exact) mass is 604 g/mol. The van der Waals surface area contributed by atoms with Crippen molar-refractivity contribution in [3.8, 4) is 0 Å². The Balaban J connectivity index is 1.95. The summed E-state index contributed by atoms with van der Waals surface area (Å²) in [5.74, 6) is 0.983. The van der Waals surface area contributed by atoms with Crippen LogP contribution in [0.5, 0.6) is 0 Å². The number of rotatable bonds is 15. The van der Waals surface area contributed by atoms with Crippen LogP contribution in [0, 0.1) is 10.8 Å². The first-order valence-electron chi connectivity index (χ1n) is 12.6. The lowest BCUT2D eigenvalue weighted by Crippen LogP contribution is -2.21. The van der Waals surface area contributed by atoms with E-state index in [-0.39, 0.29) is 30.1 Å². The van der Waals surface area contributed by atoms with E-state index in [1.54, 1.807) is 11.6 Å². The summed E-state index contributed by atoms with van der Waals surface area (Å²) >= 11 is 2.21. The number of methoxy groups -OCH3 is 1. The van der Waals surface area contributed by atoms with Crippen molar-refractivity contribution in [3.05, 3.63) is 24.2 Å². The normalized spacial score (nSPS) is 13.6. The molecule has 0 aliphatic carbocycles. The van der Waals surface area contributed by atoms with Crippen molar-refractivity contribution in [2.24, 2.45) is 10.8 Å². The van der Waals surface area contributed by atoms with E-state index in [0.717, 1.165) is 34.7 Å². The summed E-state index contributed by atoms with van der Waals surface area (Å²) in [6.45, 7) is 10.9. The van der Waals surface area contributed by atoms with Gasteiger partial charge in [-0.15, -0.1) is 0 Å². The number of aromatic nitrogens is 3. The molecular formula is C25H41N4O7PS2. The summed E-state index contributed by atoms with van der Waals surface area (Å²) in [5.41, 5.74) is 6.55. The number of nitrogens with two attached hydrogens (primary N) is 1. The SMILES string of the molecule is COC(CCc1ccc2c(N)ncnn12)COP(=O)(OCCSC(=O)C(C)(C)C)OCCSC(=O)C(C)(C)C. The Bertz CT molecular complexity index is 1110. The van der Waals surface area contributed by atoms with Gasteiger partial charge in [0.15, 0.2) is 16.0 Å². The molecule has 0 saturated carbocycles. The van der Waals surface area contributed by atoms with Crippen LogP contribution in [0.1, 0.15) is 53.7 Å². The van der Waals surface area contributed by atoms with Gasteiger partial charge in [0.25, 0.3) is 0 Å². The number of fused-ring (bicyclic) bond motifs is 1. The van der Waals surface area contributed by atoms with Crippen molar-refractivity contribution < 1.29 is 32.5 Å². The van der Waals surface area contributed by atoms with Crippen LogP contribution in [0.2, 0.25) is 0 Å². The molecule has 0 spiro atoms. The molecule has 14 heteroatoms. The smallest absolute Gasteiger partial charge is 0.382 e. The van der Waals surface area contributed by atoms with Crippen molar-refractivity contribution in [1.29, 1.82) is 0 Å². The number of nitrogen functional groups attached to an aromatic ring is 1. The zero-order valence-corrected chi connectivity index (χ0v) is 26.3. The minimum Gasteiger partial charge on any atom is -0.382 e. The number of phosphoric ester groups is 1. The van der Waals surface area contributed by atoms with Crippen molar-refractivity contribution in [1.82, 2.24) is 14.6 Å². The summed E-state index contributed by atoms with van der Waals surface area (Å²) in [7, 11) is -2.45. The first-order chi connectivity index (χ1) is 18.2. The highest BCUT2D eigenvalue weighted by atomic mass is 32.2. The molecule has 1 unspecified atom stereocenters. The third kappa shape index (κ3) is 11.1. The number of ether oxygens (including phenoxy) is 1. The molecule has 0 aromatic carbocycles. The summed E-state index contributed by atoms with van der Waals surface area (Å²) in [4.78, 5) is 28.3. The molecule has 0 radical (unpaired) electrons. The number of hydrogen-bond acceptors (Lipinski definition) is 12. The van der Waals surface area contributed by atoms with Gasteiger partial charge in [-0.3, -0.25) is 23.2 Å². The second-order valence-corrected chi connectivity index (χ2v) is 14.6. The Morgan fingerprint density at radius 1 is 1.00 bits per heavy atom. The number of carbonyl (C=O) groups excluding carboxylic acids is 2. The lowest BCUT2D eigenvalue weighted by atomic mass is 9.99. The van der Waals surface area contributed by atoms with Gasteiger partial charge in [-0.05, 0) is 25.0 Å². The van der Waals surface area contributed by atoms with Gasteiger partial charge in [0, 0.05) is 35.1 Å². The van der Waals surface area contributed by atoms with Gasteiger partial charge < -0.3 is 10.5 Å². The molecule has 0 amide bonds. The Labute approximate surface area is 239 Å². The fraction of sp³-hybridized carbons (Fsp3) is 0.680. The van der Waals surface area contributed by atoms with Gasteiger partial charge in [0.1, 0.15) is 11.8 Å². The minimum absolute atomic E-state index is 0.00393. The maximum Gasteiger partial charge on any atom is 0.474 e. The highest BCUT2D eigenvalue weighted by Crippen LogP contribution is 2.50. The standard InChI is InChI=1S/C25H41N4O7PS2/c1-24(2,3)22(30)38-14-12-34-37(32,35-13-15-39-23(31)25(4,5)6)36-16-19(33-7)10-8-18-9-11-20-21(26)27-17-28-29(18)20/h9,11,17,19H,8,10,12-16H2,1-7H3,(H2,26,27,28). The van der Waals surface area contributed by atoms with E-state index in [2.05, 4.69) is 10.1 Å². The Morgan fingerprint density at radius 3 is 2.08 bits per heavy atom. The Kier molecular flexibility index (Phi) is 12.9. The number of hydrogen-bond donors (Lipinski definition) is 1. The summed E-state index contributed by atoms with van der Waals surface area (Å²) in [5, 5.41) is 4.25. The number of nitrogens with zero attached hydrogens (tertiary/aromatic N) is 3. The van der Waals surface area contributed by atoms with Crippen LogP contribution in [0.15, 0.2) is 18.5 Å². The number of phosphoric acid groups is 1. The summed E-state index contributed by atoms with van der Waals surface area (Å²) in [6, 6.07) is 3.77. The van der Waals surface area contributed by atoms with Crippen LogP contribution in [0.4, 0.5) is 5.82 Å². The average molecular weight is 605 g/mol. The average Bonchev–Trinajstić information content (AvgIpc) is 3.27. The number of anilines is 1. The highest BCUT2D eigenvalue weighted by Gasteiger charge is 2.30. The quantitative estimate of drug-likeness (QED) is 0.215. The van der Waals surface area contributed by atoms with E-state index in [4.69, 9.17) is 24.0 Å². The summed E-state index contributed by atoms with van der Waals surface area (Å²) < 4.78 is 37.4. The molecular weight excluding hydrogens is 563 g/mol. The lowest BCUT2D eigenvalue weighted by Gasteiger charge is -2.22. The van der Waals surface area contributed by atoms with Crippen LogP contribution < -0.4 is 5.73 Å². The maximum absolute atomic E-state index is 13.4. The van der Waals surface area contributed by atoms with E-state index in [9.17, 15) is 14.2 Å². The topological polar surface area (TPSA) is 144 Å². The Morgan fingerprint density at radius 2 is 1.56 bits per heavy atom. The number of thioether (sulfide) groups is 2. The zero-order valence-electron chi connectivity index (χ0n) is 23.8. The predicted octanol–water partition coefficient (Wildman–Crippen LogP) is 5.03. The van der Waals surface area contributed by atoms with Crippen molar-refractivity contribution >= 4 is 52.9 Å². The molecule has 2 rings (SSSR count). The molecule has 11 nitrogen and oxygen atoms in total. The van der Waals surface area contributed by atoms with Gasteiger partial charge in [0.2, 0.25) is 0 Å². The molecule has 0 aliphatic heterocycles. The van der Waals surface area contributed by atoms with Gasteiger partial charge in [0.05, 0.1) is 25.9 Å². The van der Waals surface area contributed by atoms with Gasteiger partial charge in [-0.2, -0.15) is 5.10 Å². The third-order valence-corrected chi connectivity index (χ3v) is 9.34. The molecule has 2 aromatic heterocycles. The van der Waals surface area contributed by atoms with Gasteiger partial charge in [-0.1, -0.05) is 65.1 Å². The Hall–Kier alpha value is -1.47. The highest BCUT2D eigenvalue weighted by molar-refractivity contribution is 8.14. The molecule has 2 aromatic rings. The largest absolute Gasteiger partial charge is 0.474 e. The van der Waals surface area contributed by atoms with Crippen molar-refractivity contribution in [2.45, 2.75) is 60.5 Å². The molecule has 220 valence electrons. The molecule has 2 N–H and O–H groups in total. The van der Waals surface area contributed by atoms with Gasteiger partial charge >= 0.3 is 7.82 Å². The fourth-order valence-corrected chi connectivity index (χ4v) is 6.08. The zero-order chi connectivity index (χ0) is 29.3. The minimum atomic E-state index is -3.99. The van der Waals surface area contributed by atoms with E-state index in [1.807, 2.05) is 53.7 Å². The van der Waals surface area contributed by atoms with Gasteiger partial charge in [-0.25, -0.2) is 14.1 Å². The predicted molar refractivity (Wildman–Crippen MR) is 156 cm³/mol. The fourth-order valence-electron chi connectivity index (χ4n) is 3.06. The first-order valence-corrected chi connectivity index (χ1v) is 16.1. The van der Waals surface area contributed by atoms with Crippen molar-refractivity contribution in [2.75, 3.05) is 44.2 Å². The lowest BCUT2D eigenvalue weighted by molar-refractivity contribution is -0.118. The van der Waals surface area contributed by atoms with Crippen LogP contribution in [-0.2, 0) is 38.9 Å². The van der Waals surface area contributed by atoms with Crippen LogP contribution in [-0.4, -0.2) is 69.4 Å². The number of carbonyl (C=O) groups is 2. The molecule has 0 saturated heterocycles. The van der Waals surface area contributed by atoms with Crippen LogP contribution >= 0.6 is 31.3 Å². The second-order valence-electron chi connectivity index (χ2n) is 10.8. The first kappa shape index (κ1) is 33.7. The van der Waals surface area contributed by atoms with Crippen LogP contribution in [0.25, 0.3) is 5.52 Å². The van der Waals surface area contributed by atoms with Crippen LogP contribution in [0.3, 0.4) is 0 Å². The molecule has 39 heavy (non-hydrogen) atoms. The van der Waals surface area contributed by atoms with E-state index < -0.39 is 24.8 Å². The van der Waals surface area contributed by atoms with E-state index in [1.165, 1.54) is 6.33 Å². The second kappa shape index (κ2) is 15.0. The van der Waals surface area contributed by atoms with E-state index in [0.29, 0.717) is 30.2 Å². The molecule has 1 atom stereocenters.